The van der Waals surface area contributed by atoms with Crippen molar-refractivity contribution in [2.45, 2.75) is 18.6 Å². The molecule has 1 aliphatic heterocycles. The van der Waals surface area contributed by atoms with Crippen molar-refractivity contribution in [3.05, 3.63) is 30.5 Å². The Morgan fingerprint density at radius 2 is 1.96 bits per heavy atom. The summed E-state index contributed by atoms with van der Waals surface area (Å²) < 4.78 is 43.0. The topological polar surface area (TPSA) is 76.1 Å². The van der Waals surface area contributed by atoms with Crippen molar-refractivity contribution in [2.24, 2.45) is 0 Å². The molecule has 0 radical (unpaired) electrons. The Morgan fingerprint density at radius 1 is 1.21 bits per heavy atom. The van der Waals surface area contributed by atoms with Gasteiger partial charge < -0.3 is 15.0 Å². The number of aromatic nitrogens is 4. The van der Waals surface area contributed by atoms with Crippen molar-refractivity contribution in [3.8, 4) is 5.75 Å². The quantitative estimate of drug-likeness (QED) is 0.912. The Bertz CT molecular complexity index is 694. The van der Waals surface area contributed by atoms with Gasteiger partial charge in [-0.1, -0.05) is 0 Å². The predicted octanol–water partition coefficient (Wildman–Crippen LogP) is 1.98. The molecule has 0 aromatic carbocycles. The van der Waals surface area contributed by atoms with Gasteiger partial charge in [-0.3, -0.25) is 0 Å². The first-order valence-electron chi connectivity index (χ1n) is 7.22. The van der Waals surface area contributed by atoms with E-state index < -0.39 is 11.9 Å². The first-order chi connectivity index (χ1) is 11.5. The maximum absolute atomic E-state index is 12.7. The van der Waals surface area contributed by atoms with Crippen LogP contribution in [0.1, 0.15) is 12.1 Å². The molecular formula is C14H15F3N6O. The zero-order valence-corrected chi connectivity index (χ0v) is 12.8. The number of anilines is 2. The van der Waals surface area contributed by atoms with Gasteiger partial charge in [0.05, 0.1) is 19.5 Å². The molecule has 0 amide bonds. The number of hydrogen-bond acceptors (Lipinski definition) is 7. The summed E-state index contributed by atoms with van der Waals surface area (Å²) in [5.74, 6) is 1.27. The standard InChI is InChI=1S/C14H15F3N6O/c1-24-10-5-18-13(19-6-10)23-3-2-9(7-23)22-12-4-11(14(15,16)17)20-8-21-12/h4-6,8-9H,2-3,7H2,1H3,(H,20,21,22). The second kappa shape index (κ2) is 6.46. The van der Waals surface area contributed by atoms with Crippen LogP contribution >= 0.6 is 0 Å². The maximum Gasteiger partial charge on any atom is 0.433 e. The summed E-state index contributed by atoms with van der Waals surface area (Å²) in [6.45, 7) is 1.26. The highest BCUT2D eigenvalue weighted by Gasteiger charge is 2.33. The lowest BCUT2D eigenvalue weighted by atomic mass is 10.2. The molecule has 1 saturated heterocycles. The lowest BCUT2D eigenvalue weighted by Gasteiger charge is -2.17. The van der Waals surface area contributed by atoms with Crippen molar-refractivity contribution in [3.63, 3.8) is 0 Å². The van der Waals surface area contributed by atoms with Crippen molar-refractivity contribution < 1.29 is 17.9 Å². The molecule has 0 aliphatic carbocycles. The molecular weight excluding hydrogens is 325 g/mol. The molecule has 128 valence electrons. The van der Waals surface area contributed by atoms with Crippen LogP contribution in [0, 0.1) is 0 Å². The molecule has 1 aliphatic rings. The van der Waals surface area contributed by atoms with E-state index in [4.69, 9.17) is 4.74 Å². The second-order valence-electron chi connectivity index (χ2n) is 5.29. The van der Waals surface area contributed by atoms with Crippen LogP contribution in [0.25, 0.3) is 0 Å². The Labute approximate surface area is 135 Å². The van der Waals surface area contributed by atoms with E-state index in [1.54, 1.807) is 12.4 Å². The summed E-state index contributed by atoms with van der Waals surface area (Å²) >= 11 is 0. The van der Waals surface area contributed by atoms with Gasteiger partial charge in [-0.2, -0.15) is 13.2 Å². The second-order valence-corrected chi connectivity index (χ2v) is 5.29. The molecule has 0 saturated carbocycles. The number of rotatable bonds is 4. The van der Waals surface area contributed by atoms with E-state index in [-0.39, 0.29) is 11.9 Å². The van der Waals surface area contributed by atoms with Gasteiger partial charge in [-0.15, -0.1) is 0 Å². The van der Waals surface area contributed by atoms with Gasteiger partial charge in [0.15, 0.2) is 5.75 Å². The van der Waals surface area contributed by atoms with E-state index in [9.17, 15) is 13.2 Å². The third kappa shape index (κ3) is 3.63. The number of halogens is 3. The molecule has 2 aromatic rings. The molecule has 1 fully saturated rings. The van der Waals surface area contributed by atoms with Crippen molar-refractivity contribution in [1.82, 2.24) is 19.9 Å². The lowest BCUT2D eigenvalue weighted by Crippen LogP contribution is -2.27. The normalized spacial score (nSPS) is 17.8. The van der Waals surface area contributed by atoms with Crippen LogP contribution in [0.15, 0.2) is 24.8 Å². The van der Waals surface area contributed by atoms with Gasteiger partial charge in [0.25, 0.3) is 0 Å². The third-order valence-corrected chi connectivity index (χ3v) is 3.63. The van der Waals surface area contributed by atoms with Crippen LogP contribution in [-0.2, 0) is 6.18 Å². The highest BCUT2D eigenvalue weighted by molar-refractivity contribution is 5.40. The number of nitrogens with zero attached hydrogens (tertiary/aromatic N) is 5. The minimum Gasteiger partial charge on any atom is -0.494 e. The molecule has 3 rings (SSSR count). The smallest absolute Gasteiger partial charge is 0.433 e. The van der Waals surface area contributed by atoms with E-state index in [0.29, 0.717) is 24.8 Å². The van der Waals surface area contributed by atoms with E-state index in [1.807, 2.05) is 4.90 Å². The van der Waals surface area contributed by atoms with Crippen molar-refractivity contribution in [1.29, 1.82) is 0 Å². The number of alkyl halides is 3. The zero-order chi connectivity index (χ0) is 17.2. The molecule has 0 spiro atoms. The van der Waals surface area contributed by atoms with Crippen molar-refractivity contribution in [2.75, 3.05) is 30.4 Å². The fourth-order valence-electron chi connectivity index (χ4n) is 2.44. The molecule has 0 bridgehead atoms. The fraction of sp³-hybridized carbons (Fsp3) is 0.429. The summed E-state index contributed by atoms with van der Waals surface area (Å²) in [4.78, 5) is 17.5. The van der Waals surface area contributed by atoms with E-state index in [2.05, 4.69) is 25.3 Å². The molecule has 1 atom stereocenters. The van der Waals surface area contributed by atoms with Gasteiger partial charge in [-0.25, -0.2) is 19.9 Å². The molecule has 10 heteroatoms. The summed E-state index contributed by atoms with van der Waals surface area (Å²) in [7, 11) is 1.53. The SMILES string of the molecule is COc1cnc(N2CCC(Nc3cc(C(F)(F)F)ncn3)C2)nc1. The average Bonchev–Trinajstić information content (AvgIpc) is 3.03. The number of hydrogen-bond donors (Lipinski definition) is 1. The maximum atomic E-state index is 12.7. The van der Waals surface area contributed by atoms with E-state index in [1.165, 1.54) is 7.11 Å². The van der Waals surface area contributed by atoms with Crippen LogP contribution in [0.4, 0.5) is 24.9 Å². The minimum absolute atomic E-state index is 0.0494. The molecule has 24 heavy (non-hydrogen) atoms. The highest BCUT2D eigenvalue weighted by Crippen LogP contribution is 2.28. The summed E-state index contributed by atoms with van der Waals surface area (Å²) in [5, 5.41) is 3.00. The Hall–Kier alpha value is -2.65. The first kappa shape index (κ1) is 16.2. The van der Waals surface area contributed by atoms with Crippen LogP contribution in [0.3, 0.4) is 0 Å². The fourth-order valence-corrected chi connectivity index (χ4v) is 2.44. The molecule has 7 nitrogen and oxygen atoms in total. The Balaban J connectivity index is 1.64. The Morgan fingerprint density at radius 3 is 2.62 bits per heavy atom. The number of nitrogens with one attached hydrogen (secondary N) is 1. The van der Waals surface area contributed by atoms with Crippen LogP contribution in [0.2, 0.25) is 0 Å². The van der Waals surface area contributed by atoms with Gasteiger partial charge in [0, 0.05) is 25.2 Å². The number of ether oxygens (including phenoxy) is 1. The van der Waals surface area contributed by atoms with E-state index in [0.717, 1.165) is 18.8 Å². The van der Waals surface area contributed by atoms with Crippen LogP contribution in [-0.4, -0.2) is 46.2 Å². The molecule has 1 N–H and O–H groups in total. The van der Waals surface area contributed by atoms with Gasteiger partial charge in [-0.05, 0) is 6.42 Å². The molecule has 3 heterocycles. The van der Waals surface area contributed by atoms with Gasteiger partial charge >= 0.3 is 6.18 Å². The monoisotopic (exact) mass is 340 g/mol. The van der Waals surface area contributed by atoms with E-state index >= 15 is 0 Å². The largest absolute Gasteiger partial charge is 0.494 e. The van der Waals surface area contributed by atoms with Crippen molar-refractivity contribution >= 4 is 11.8 Å². The minimum atomic E-state index is -4.49. The first-order valence-corrected chi connectivity index (χ1v) is 7.22. The Kier molecular flexibility index (Phi) is 4.36. The predicted molar refractivity (Wildman–Crippen MR) is 79.9 cm³/mol. The summed E-state index contributed by atoms with van der Waals surface area (Å²) in [6.07, 6.45) is 0.301. The van der Waals surface area contributed by atoms with Crippen LogP contribution in [0.5, 0.6) is 5.75 Å². The van der Waals surface area contributed by atoms with Gasteiger partial charge in [0.2, 0.25) is 5.95 Å². The summed E-state index contributed by atoms with van der Waals surface area (Å²) in [5.41, 5.74) is -0.964. The highest BCUT2D eigenvalue weighted by atomic mass is 19.4. The molecule has 2 aromatic heterocycles. The summed E-state index contributed by atoms with van der Waals surface area (Å²) in [6, 6.07) is 0.860. The van der Waals surface area contributed by atoms with Gasteiger partial charge in [0.1, 0.15) is 17.8 Å². The third-order valence-electron chi connectivity index (χ3n) is 3.63. The van der Waals surface area contributed by atoms with Crippen LogP contribution < -0.4 is 15.0 Å². The lowest BCUT2D eigenvalue weighted by molar-refractivity contribution is -0.141. The zero-order valence-electron chi connectivity index (χ0n) is 12.8. The number of methoxy groups -OCH3 is 1. The molecule has 1 unspecified atom stereocenters. The average molecular weight is 340 g/mol.